The molecule has 17 heavy (non-hydrogen) atoms. The Morgan fingerprint density at radius 1 is 1.41 bits per heavy atom. The predicted octanol–water partition coefficient (Wildman–Crippen LogP) is 3.91. The van der Waals surface area contributed by atoms with E-state index in [0.29, 0.717) is 5.56 Å². The van der Waals surface area contributed by atoms with Gasteiger partial charge in [-0.25, -0.2) is 0 Å². The maximum Gasteiger partial charge on any atom is 0.416 e. The van der Waals surface area contributed by atoms with Gasteiger partial charge in [-0.05, 0) is 37.5 Å². The molecule has 0 fully saturated rings. The third-order valence-corrected chi connectivity index (χ3v) is 3.43. The van der Waals surface area contributed by atoms with Crippen molar-refractivity contribution in [1.82, 2.24) is 0 Å². The minimum Gasteiger partial charge on any atom is -0.299 e. The van der Waals surface area contributed by atoms with Crippen molar-refractivity contribution < 1.29 is 18.0 Å². The molecule has 0 radical (unpaired) electrons. The normalized spacial score (nSPS) is 13.5. The first-order valence-corrected chi connectivity index (χ1v) is 5.94. The monoisotopic (exact) mass is 308 g/mol. The van der Waals surface area contributed by atoms with Crippen LogP contribution in [0.2, 0.25) is 0 Å². The fourth-order valence-corrected chi connectivity index (χ4v) is 1.83. The van der Waals surface area contributed by atoms with E-state index in [2.05, 4.69) is 15.9 Å². The molecule has 0 aliphatic heterocycles. The lowest BCUT2D eigenvalue weighted by Gasteiger charge is -2.13. The summed E-state index contributed by atoms with van der Waals surface area (Å²) in [5.41, 5.74) is 0.0495. The van der Waals surface area contributed by atoms with E-state index in [1.165, 1.54) is 19.9 Å². The minimum atomic E-state index is -4.35. The summed E-state index contributed by atoms with van der Waals surface area (Å²) in [4.78, 5) is 10.6. The lowest BCUT2D eigenvalue weighted by atomic mass is 10.0. The molecule has 1 rings (SSSR count). The standard InChI is InChI=1S/C12H12BrF3O/c1-7-3-4-9(6-11(13)8(2)17)5-10(7)12(14,15)16/h3-5,11H,6H2,1-2H3. The van der Waals surface area contributed by atoms with E-state index in [1.54, 1.807) is 6.07 Å². The molecule has 1 nitrogen and oxygen atoms in total. The zero-order chi connectivity index (χ0) is 13.2. The Morgan fingerprint density at radius 3 is 2.47 bits per heavy atom. The summed E-state index contributed by atoms with van der Waals surface area (Å²) in [6.07, 6.45) is -4.09. The van der Waals surface area contributed by atoms with Gasteiger partial charge in [-0.1, -0.05) is 28.1 Å². The molecule has 1 unspecified atom stereocenters. The van der Waals surface area contributed by atoms with Crippen LogP contribution in [0.5, 0.6) is 0 Å². The molecule has 0 bridgehead atoms. The first-order chi connectivity index (χ1) is 7.71. The number of benzene rings is 1. The predicted molar refractivity (Wildman–Crippen MR) is 63.3 cm³/mol. The Labute approximate surface area is 106 Å². The number of carbonyl (C=O) groups excluding carboxylic acids is 1. The Morgan fingerprint density at radius 2 is 2.00 bits per heavy atom. The molecule has 0 aliphatic carbocycles. The molecule has 0 aliphatic rings. The van der Waals surface area contributed by atoms with E-state index in [0.717, 1.165) is 6.07 Å². The van der Waals surface area contributed by atoms with E-state index in [9.17, 15) is 18.0 Å². The van der Waals surface area contributed by atoms with Gasteiger partial charge in [0.25, 0.3) is 0 Å². The van der Waals surface area contributed by atoms with Crippen LogP contribution in [0.1, 0.15) is 23.6 Å². The van der Waals surface area contributed by atoms with Gasteiger partial charge in [0, 0.05) is 0 Å². The fourth-order valence-electron chi connectivity index (χ4n) is 1.45. The van der Waals surface area contributed by atoms with Crippen LogP contribution in [-0.2, 0) is 17.4 Å². The van der Waals surface area contributed by atoms with Crippen LogP contribution in [0.4, 0.5) is 13.2 Å². The number of alkyl halides is 4. The highest BCUT2D eigenvalue weighted by Gasteiger charge is 2.32. The third-order valence-electron chi connectivity index (χ3n) is 2.46. The lowest BCUT2D eigenvalue weighted by molar-refractivity contribution is -0.138. The SMILES string of the molecule is CC(=O)C(Br)Cc1ccc(C)c(C(F)(F)F)c1. The number of carbonyl (C=O) groups is 1. The molecule has 0 aromatic heterocycles. The van der Waals surface area contributed by atoms with Gasteiger partial charge in [-0.2, -0.15) is 13.2 Å². The molecule has 94 valence electrons. The van der Waals surface area contributed by atoms with Gasteiger partial charge >= 0.3 is 6.18 Å². The highest BCUT2D eigenvalue weighted by Crippen LogP contribution is 2.32. The van der Waals surface area contributed by atoms with Gasteiger partial charge in [-0.15, -0.1) is 0 Å². The van der Waals surface area contributed by atoms with Crippen LogP contribution in [0, 0.1) is 6.92 Å². The Hall–Kier alpha value is -0.840. The second-order valence-electron chi connectivity index (χ2n) is 3.93. The minimum absolute atomic E-state index is 0.0980. The van der Waals surface area contributed by atoms with Crippen molar-refractivity contribution >= 4 is 21.7 Å². The van der Waals surface area contributed by atoms with E-state index < -0.39 is 16.6 Å². The summed E-state index contributed by atoms with van der Waals surface area (Å²) in [6, 6.07) is 4.15. The van der Waals surface area contributed by atoms with E-state index >= 15 is 0 Å². The largest absolute Gasteiger partial charge is 0.416 e. The highest BCUT2D eigenvalue weighted by molar-refractivity contribution is 9.10. The van der Waals surface area contributed by atoms with Crippen LogP contribution >= 0.6 is 15.9 Å². The number of halogens is 4. The summed E-state index contributed by atoms with van der Waals surface area (Å²) in [5, 5.41) is 0. The second kappa shape index (κ2) is 5.21. The number of Topliss-reactive ketones (excluding diaryl/α,β-unsaturated/α-hetero) is 1. The van der Waals surface area contributed by atoms with Crippen LogP contribution < -0.4 is 0 Å². The van der Waals surface area contributed by atoms with Gasteiger partial charge in [0.15, 0.2) is 0 Å². The molecule has 0 saturated heterocycles. The van der Waals surface area contributed by atoms with Crippen LogP contribution in [0.15, 0.2) is 18.2 Å². The molecule has 0 amide bonds. The van der Waals surface area contributed by atoms with Gasteiger partial charge in [0.05, 0.1) is 10.4 Å². The van der Waals surface area contributed by atoms with E-state index in [-0.39, 0.29) is 17.8 Å². The molecule has 1 atom stereocenters. The van der Waals surface area contributed by atoms with E-state index in [4.69, 9.17) is 0 Å². The van der Waals surface area contributed by atoms with Crippen molar-refractivity contribution in [3.8, 4) is 0 Å². The Balaban J connectivity index is 3.01. The summed E-state index contributed by atoms with van der Waals surface area (Å²) in [5.74, 6) is -0.0980. The number of rotatable bonds is 3. The first kappa shape index (κ1) is 14.2. The zero-order valence-electron chi connectivity index (χ0n) is 9.44. The summed E-state index contributed by atoms with van der Waals surface area (Å²) < 4.78 is 37.9. The maximum atomic E-state index is 12.6. The smallest absolute Gasteiger partial charge is 0.299 e. The fraction of sp³-hybridized carbons (Fsp3) is 0.417. The summed E-state index contributed by atoms with van der Waals surface area (Å²) in [7, 11) is 0. The van der Waals surface area contributed by atoms with Crippen molar-refractivity contribution in [3.63, 3.8) is 0 Å². The van der Waals surface area contributed by atoms with Gasteiger partial charge in [0.1, 0.15) is 5.78 Å². The van der Waals surface area contributed by atoms with Gasteiger partial charge < -0.3 is 0 Å². The van der Waals surface area contributed by atoms with Crippen molar-refractivity contribution in [2.45, 2.75) is 31.3 Å². The number of hydrogen-bond acceptors (Lipinski definition) is 1. The second-order valence-corrected chi connectivity index (χ2v) is 5.03. The van der Waals surface area contributed by atoms with Crippen LogP contribution in [-0.4, -0.2) is 10.6 Å². The van der Waals surface area contributed by atoms with Crippen LogP contribution in [0.25, 0.3) is 0 Å². The average Bonchev–Trinajstić information content (AvgIpc) is 2.19. The first-order valence-electron chi connectivity index (χ1n) is 5.03. The Bertz CT molecular complexity index is 426. The molecule has 0 heterocycles. The number of ketones is 1. The maximum absolute atomic E-state index is 12.6. The quantitative estimate of drug-likeness (QED) is 0.774. The lowest BCUT2D eigenvalue weighted by Crippen LogP contribution is -2.14. The third kappa shape index (κ3) is 3.84. The zero-order valence-corrected chi connectivity index (χ0v) is 11.0. The Kier molecular flexibility index (Phi) is 4.36. The van der Waals surface area contributed by atoms with Gasteiger partial charge in [-0.3, -0.25) is 4.79 Å². The number of aryl methyl sites for hydroxylation is 1. The van der Waals surface area contributed by atoms with Crippen molar-refractivity contribution in [2.75, 3.05) is 0 Å². The van der Waals surface area contributed by atoms with E-state index in [1.807, 2.05) is 0 Å². The van der Waals surface area contributed by atoms with Crippen molar-refractivity contribution in [1.29, 1.82) is 0 Å². The molecular weight excluding hydrogens is 297 g/mol. The molecule has 0 N–H and O–H groups in total. The molecule has 5 heteroatoms. The van der Waals surface area contributed by atoms with Crippen molar-refractivity contribution in [2.24, 2.45) is 0 Å². The van der Waals surface area contributed by atoms with Gasteiger partial charge in [0.2, 0.25) is 0 Å². The number of hydrogen-bond donors (Lipinski definition) is 0. The summed E-state index contributed by atoms with van der Waals surface area (Å²) in [6.45, 7) is 2.82. The topological polar surface area (TPSA) is 17.1 Å². The molecule has 0 spiro atoms. The molecule has 1 aromatic carbocycles. The molecule has 1 aromatic rings. The molecule has 0 saturated carbocycles. The molecular formula is C12H12BrF3O. The average molecular weight is 309 g/mol. The summed E-state index contributed by atoms with van der Waals surface area (Å²) >= 11 is 3.14. The van der Waals surface area contributed by atoms with Crippen molar-refractivity contribution in [3.05, 3.63) is 34.9 Å². The highest BCUT2D eigenvalue weighted by atomic mass is 79.9. The van der Waals surface area contributed by atoms with Crippen LogP contribution in [0.3, 0.4) is 0 Å².